The van der Waals surface area contributed by atoms with Crippen molar-refractivity contribution in [3.8, 4) is 0 Å². The predicted octanol–water partition coefficient (Wildman–Crippen LogP) is 1.73. The lowest BCUT2D eigenvalue weighted by Crippen LogP contribution is -2.33. The number of unbranched alkanes of at least 4 members (excludes halogenated alkanes) is 1. The molecule has 2 nitrogen and oxygen atoms in total. The van der Waals surface area contributed by atoms with E-state index in [0.717, 1.165) is 6.54 Å². The summed E-state index contributed by atoms with van der Waals surface area (Å²) in [7, 11) is 2.12. The molecule has 1 aromatic rings. The second-order valence-corrected chi connectivity index (χ2v) is 3.42. The zero-order valence-corrected chi connectivity index (χ0v) is 8.59. The van der Waals surface area contributed by atoms with Crippen molar-refractivity contribution in [3.63, 3.8) is 0 Å². The Bertz CT molecular complexity index is 261. The van der Waals surface area contributed by atoms with Crippen LogP contribution < -0.4 is 4.57 Å². The van der Waals surface area contributed by atoms with E-state index in [1.165, 1.54) is 24.4 Å². The number of imidazole rings is 1. The third-order valence-corrected chi connectivity index (χ3v) is 2.53. The van der Waals surface area contributed by atoms with Crippen LogP contribution in [0.15, 0.2) is 6.20 Å². The largest absolute Gasteiger partial charge is 0.253 e. The van der Waals surface area contributed by atoms with Crippen molar-refractivity contribution in [2.24, 2.45) is 7.05 Å². The molecule has 0 radical (unpaired) electrons. The number of rotatable bonds is 3. The molecule has 0 aromatic carbocycles. The molecule has 0 fully saturated rings. The lowest BCUT2D eigenvalue weighted by molar-refractivity contribution is -0.683. The van der Waals surface area contributed by atoms with Crippen molar-refractivity contribution in [2.45, 2.75) is 40.2 Å². The molecule has 1 aromatic heterocycles. The minimum atomic E-state index is 1.16. The molecule has 2 heteroatoms. The average molecular weight is 167 g/mol. The van der Waals surface area contributed by atoms with Crippen LogP contribution >= 0.6 is 0 Å². The highest BCUT2D eigenvalue weighted by atomic mass is 15.1. The normalized spacial score (nSPS) is 10.7. The van der Waals surface area contributed by atoms with Gasteiger partial charge in [-0.25, -0.2) is 9.13 Å². The fourth-order valence-corrected chi connectivity index (χ4v) is 1.41. The van der Waals surface area contributed by atoms with Crippen LogP contribution in [0.25, 0.3) is 0 Å². The van der Waals surface area contributed by atoms with Gasteiger partial charge < -0.3 is 0 Å². The van der Waals surface area contributed by atoms with Crippen molar-refractivity contribution in [3.05, 3.63) is 17.7 Å². The second kappa shape index (κ2) is 3.74. The van der Waals surface area contributed by atoms with Crippen LogP contribution in [0.1, 0.15) is 31.3 Å². The highest BCUT2D eigenvalue weighted by molar-refractivity contribution is 4.90. The second-order valence-electron chi connectivity index (χ2n) is 3.42. The first-order chi connectivity index (χ1) is 5.66. The lowest BCUT2D eigenvalue weighted by Gasteiger charge is -1.95. The number of aryl methyl sites for hydroxylation is 2. The van der Waals surface area contributed by atoms with Crippen LogP contribution in [0.4, 0.5) is 0 Å². The number of aromatic nitrogens is 2. The molecule has 1 heterocycles. The van der Waals surface area contributed by atoms with Crippen molar-refractivity contribution < 1.29 is 4.57 Å². The van der Waals surface area contributed by atoms with E-state index in [4.69, 9.17) is 0 Å². The fourth-order valence-electron chi connectivity index (χ4n) is 1.41. The summed E-state index contributed by atoms with van der Waals surface area (Å²) in [6.07, 6.45) is 4.76. The summed E-state index contributed by atoms with van der Waals surface area (Å²) in [4.78, 5) is 0. The van der Waals surface area contributed by atoms with E-state index in [0.29, 0.717) is 0 Å². The fraction of sp³-hybridized carbons (Fsp3) is 0.700. The predicted molar refractivity (Wildman–Crippen MR) is 50.0 cm³/mol. The maximum absolute atomic E-state index is 2.33. The highest BCUT2D eigenvalue weighted by Gasteiger charge is 2.11. The van der Waals surface area contributed by atoms with E-state index in [1.54, 1.807) is 0 Å². The zero-order valence-electron chi connectivity index (χ0n) is 8.59. The van der Waals surface area contributed by atoms with E-state index in [1.807, 2.05) is 0 Å². The smallest absolute Gasteiger partial charge is 0.235 e. The van der Waals surface area contributed by atoms with Crippen LogP contribution in [0.2, 0.25) is 0 Å². The number of nitrogens with zero attached hydrogens (tertiary/aromatic N) is 2. The molecule has 0 saturated carbocycles. The Morgan fingerprint density at radius 3 is 2.50 bits per heavy atom. The molecule has 0 bridgehead atoms. The molecule has 0 aliphatic heterocycles. The van der Waals surface area contributed by atoms with Gasteiger partial charge in [0.05, 0.1) is 13.6 Å². The van der Waals surface area contributed by atoms with Crippen molar-refractivity contribution in [1.29, 1.82) is 0 Å². The Kier molecular flexibility index (Phi) is 2.90. The van der Waals surface area contributed by atoms with E-state index in [2.05, 4.69) is 43.1 Å². The van der Waals surface area contributed by atoms with Gasteiger partial charge in [-0.3, -0.25) is 0 Å². The van der Waals surface area contributed by atoms with Gasteiger partial charge in [-0.1, -0.05) is 13.3 Å². The maximum atomic E-state index is 2.33. The molecular formula is C10H19N2+. The van der Waals surface area contributed by atoms with Crippen molar-refractivity contribution in [2.75, 3.05) is 0 Å². The first-order valence-electron chi connectivity index (χ1n) is 4.69. The molecule has 1 rings (SSSR count). The summed E-state index contributed by atoms with van der Waals surface area (Å²) < 4.78 is 4.56. The van der Waals surface area contributed by atoms with Gasteiger partial charge in [-0.05, 0) is 6.42 Å². The SMILES string of the molecule is CCCCn1cc(C)[n+](C)c1C. The summed E-state index contributed by atoms with van der Waals surface area (Å²) in [5.74, 6) is 1.35. The molecule has 0 saturated heterocycles. The Hall–Kier alpha value is -0.790. The first kappa shape index (κ1) is 9.30. The Morgan fingerprint density at radius 1 is 1.42 bits per heavy atom. The van der Waals surface area contributed by atoms with E-state index >= 15 is 0 Å². The topological polar surface area (TPSA) is 8.81 Å². The monoisotopic (exact) mass is 167 g/mol. The van der Waals surface area contributed by atoms with Gasteiger partial charge in [0.25, 0.3) is 5.82 Å². The molecule has 0 spiro atoms. The quantitative estimate of drug-likeness (QED) is 0.606. The van der Waals surface area contributed by atoms with Gasteiger partial charge in [0.15, 0.2) is 0 Å². The standard InChI is InChI=1S/C10H19N2/c1-5-6-7-12-8-9(2)11(4)10(12)3/h8H,5-7H2,1-4H3/q+1. The van der Waals surface area contributed by atoms with Crippen LogP contribution in [0.5, 0.6) is 0 Å². The van der Waals surface area contributed by atoms with Crippen LogP contribution in [-0.2, 0) is 13.6 Å². The zero-order chi connectivity index (χ0) is 9.14. The summed E-state index contributed by atoms with van der Waals surface area (Å²) >= 11 is 0. The molecule has 0 N–H and O–H groups in total. The minimum Gasteiger partial charge on any atom is -0.235 e. The number of hydrogen-bond acceptors (Lipinski definition) is 0. The first-order valence-corrected chi connectivity index (χ1v) is 4.69. The van der Waals surface area contributed by atoms with Gasteiger partial charge in [0, 0.05) is 13.8 Å². The molecule has 0 aliphatic rings. The maximum Gasteiger partial charge on any atom is 0.253 e. The molecule has 68 valence electrons. The van der Waals surface area contributed by atoms with Gasteiger partial charge in [-0.2, -0.15) is 0 Å². The van der Waals surface area contributed by atoms with Crippen molar-refractivity contribution in [1.82, 2.24) is 4.57 Å². The van der Waals surface area contributed by atoms with Gasteiger partial charge >= 0.3 is 0 Å². The summed E-state index contributed by atoms with van der Waals surface area (Å²) in [5, 5.41) is 0. The van der Waals surface area contributed by atoms with Gasteiger partial charge in [-0.15, -0.1) is 0 Å². The molecule has 0 amide bonds. The van der Waals surface area contributed by atoms with E-state index < -0.39 is 0 Å². The van der Waals surface area contributed by atoms with Crippen LogP contribution in [-0.4, -0.2) is 4.57 Å². The minimum absolute atomic E-state index is 1.16. The Balaban J connectivity index is 2.79. The molecule has 0 aliphatic carbocycles. The van der Waals surface area contributed by atoms with E-state index in [9.17, 15) is 0 Å². The molecule has 0 unspecified atom stereocenters. The summed E-state index contributed by atoms with van der Waals surface area (Å²) in [6, 6.07) is 0. The third-order valence-electron chi connectivity index (χ3n) is 2.53. The van der Waals surface area contributed by atoms with Crippen LogP contribution in [0, 0.1) is 13.8 Å². The Morgan fingerprint density at radius 2 is 2.08 bits per heavy atom. The Labute approximate surface area is 74.8 Å². The van der Waals surface area contributed by atoms with Crippen LogP contribution in [0.3, 0.4) is 0 Å². The summed E-state index contributed by atoms with van der Waals surface area (Å²) in [6.45, 7) is 7.70. The summed E-state index contributed by atoms with van der Waals surface area (Å²) in [5.41, 5.74) is 1.34. The third kappa shape index (κ3) is 1.68. The number of hydrogen-bond donors (Lipinski definition) is 0. The van der Waals surface area contributed by atoms with Gasteiger partial charge in [0.2, 0.25) is 0 Å². The highest BCUT2D eigenvalue weighted by Crippen LogP contribution is 2.00. The molecular weight excluding hydrogens is 148 g/mol. The molecule has 0 atom stereocenters. The average Bonchev–Trinajstić information content (AvgIpc) is 2.30. The van der Waals surface area contributed by atoms with Crippen molar-refractivity contribution >= 4 is 0 Å². The lowest BCUT2D eigenvalue weighted by atomic mass is 10.3. The van der Waals surface area contributed by atoms with E-state index in [-0.39, 0.29) is 0 Å². The van der Waals surface area contributed by atoms with Gasteiger partial charge in [0.1, 0.15) is 11.9 Å². The molecule has 12 heavy (non-hydrogen) atoms.